The van der Waals surface area contributed by atoms with E-state index in [0.29, 0.717) is 0 Å². The fraction of sp³-hybridized carbons (Fsp3) is 0. The van der Waals surface area contributed by atoms with Gasteiger partial charge in [-0.1, -0.05) is 109 Å². The van der Waals surface area contributed by atoms with Crippen LogP contribution in [0.25, 0.3) is 72.2 Å². The Balaban J connectivity index is 1.33. The third kappa shape index (κ3) is 3.98. The van der Waals surface area contributed by atoms with E-state index in [2.05, 4.69) is 144 Å². The minimum Gasteiger partial charge on any atom is -0.292 e. The van der Waals surface area contributed by atoms with Crippen LogP contribution in [0, 0.1) is 0 Å². The number of aromatic nitrogens is 3. The van der Waals surface area contributed by atoms with E-state index in [9.17, 15) is 0 Å². The number of hydrogen-bond donors (Lipinski definition) is 0. The molecule has 0 unspecified atom stereocenters. The van der Waals surface area contributed by atoms with Gasteiger partial charge in [0.25, 0.3) is 0 Å². The highest BCUT2D eigenvalue weighted by molar-refractivity contribution is 6.11. The second-order valence-corrected chi connectivity index (χ2v) is 10.3. The molecule has 0 saturated heterocycles. The van der Waals surface area contributed by atoms with Crippen LogP contribution in [0.5, 0.6) is 0 Å². The maximum absolute atomic E-state index is 5.30. The average Bonchev–Trinajstić information content (AvgIpc) is 3.44. The topological polar surface area (TPSA) is 30.7 Å². The zero-order valence-corrected chi connectivity index (χ0v) is 22.3. The van der Waals surface area contributed by atoms with Crippen molar-refractivity contribution in [1.29, 1.82) is 0 Å². The average molecular weight is 524 g/mol. The van der Waals surface area contributed by atoms with Crippen molar-refractivity contribution in [3.8, 4) is 39.5 Å². The first-order valence-corrected chi connectivity index (χ1v) is 13.9. The highest BCUT2D eigenvalue weighted by atomic mass is 15.1. The van der Waals surface area contributed by atoms with Crippen LogP contribution in [-0.4, -0.2) is 14.5 Å². The van der Waals surface area contributed by atoms with Gasteiger partial charge in [0, 0.05) is 27.8 Å². The lowest BCUT2D eigenvalue weighted by atomic mass is 9.94. The first kappa shape index (κ1) is 23.4. The van der Waals surface area contributed by atoms with Gasteiger partial charge in [0.1, 0.15) is 5.82 Å². The summed E-state index contributed by atoms with van der Waals surface area (Å²) < 4.78 is 2.24. The quantitative estimate of drug-likeness (QED) is 0.215. The van der Waals surface area contributed by atoms with Crippen molar-refractivity contribution in [3.05, 3.63) is 152 Å². The highest BCUT2D eigenvalue weighted by Crippen LogP contribution is 2.37. The predicted octanol–water partition coefficient (Wildman–Crippen LogP) is 9.73. The number of benzene rings is 6. The van der Waals surface area contributed by atoms with Gasteiger partial charge in [-0.05, 0) is 58.8 Å². The lowest BCUT2D eigenvalue weighted by molar-refractivity contribution is 1.10. The van der Waals surface area contributed by atoms with E-state index in [0.717, 1.165) is 50.3 Å². The summed E-state index contributed by atoms with van der Waals surface area (Å²) >= 11 is 0. The van der Waals surface area contributed by atoms with E-state index in [1.807, 2.05) is 12.1 Å². The minimum atomic E-state index is 0.913. The zero-order chi connectivity index (χ0) is 27.2. The number of rotatable bonds is 4. The van der Waals surface area contributed by atoms with Crippen LogP contribution in [0.15, 0.2) is 152 Å². The van der Waals surface area contributed by atoms with Crippen LogP contribution in [0.4, 0.5) is 0 Å². The lowest BCUT2D eigenvalue weighted by Gasteiger charge is -2.13. The second-order valence-electron chi connectivity index (χ2n) is 10.3. The van der Waals surface area contributed by atoms with Crippen molar-refractivity contribution in [2.45, 2.75) is 0 Å². The van der Waals surface area contributed by atoms with Gasteiger partial charge >= 0.3 is 0 Å². The minimum absolute atomic E-state index is 0.913. The van der Waals surface area contributed by atoms with Crippen LogP contribution in [0.2, 0.25) is 0 Å². The maximum atomic E-state index is 5.30. The molecule has 2 heterocycles. The third-order valence-electron chi connectivity index (χ3n) is 7.76. The molecule has 0 fully saturated rings. The smallest absolute Gasteiger partial charge is 0.145 e. The SMILES string of the molecule is c1ccc(-c2c3ccccc3cc3ccc(-c4cccc(-c5nc6ccccc6n5-c5ccccc5)c4)nc23)cc1. The van der Waals surface area contributed by atoms with Crippen molar-refractivity contribution >= 4 is 32.7 Å². The van der Waals surface area contributed by atoms with Crippen LogP contribution < -0.4 is 0 Å². The van der Waals surface area contributed by atoms with Crippen molar-refractivity contribution in [1.82, 2.24) is 14.5 Å². The van der Waals surface area contributed by atoms with Gasteiger partial charge in [0.2, 0.25) is 0 Å². The van der Waals surface area contributed by atoms with Gasteiger partial charge in [-0.2, -0.15) is 0 Å². The molecule has 0 N–H and O–H groups in total. The Kier molecular flexibility index (Phi) is 5.46. The summed E-state index contributed by atoms with van der Waals surface area (Å²) in [6.45, 7) is 0. The van der Waals surface area contributed by atoms with Gasteiger partial charge in [-0.3, -0.25) is 4.57 Å². The molecule has 0 aliphatic heterocycles. The molecule has 0 spiro atoms. The Bertz CT molecular complexity index is 2200. The normalized spacial score (nSPS) is 11.4. The lowest BCUT2D eigenvalue weighted by Crippen LogP contribution is -1.97. The molecule has 6 aromatic carbocycles. The summed E-state index contributed by atoms with van der Waals surface area (Å²) in [6, 6.07) is 53.0. The number of nitrogens with zero attached hydrogens (tertiary/aromatic N) is 3. The summed E-state index contributed by atoms with van der Waals surface area (Å²) in [7, 11) is 0. The van der Waals surface area contributed by atoms with Crippen molar-refractivity contribution in [2.24, 2.45) is 0 Å². The monoisotopic (exact) mass is 523 g/mol. The standard InChI is InChI=1S/C38H25N3/c1-3-12-26(13-4-1)36-32-19-8-7-14-27(32)24-29-22-23-33(39-37(29)36)28-15-11-16-30(25-28)38-40-34-20-9-10-21-35(34)41(38)31-17-5-2-6-18-31/h1-25H. The van der Waals surface area contributed by atoms with Crippen molar-refractivity contribution in [2.75, 3.05) is 0 Å². The first-order chi connectivity index (χ1) is 20.3. The Morgan fingerprint density at radius 2 is 1.17 bits per heavy atom. The fourth-order valence-corrected chi connectivity index (χ4v) is 5.87. The van der Waals surface area contributed by atoms with E-state index < -0.39 is 0 Å². The predicted molar refractivity (Wildman–Crippen MR) is 170 cm³/mol. The molecular formula is C38H25N3. The van der Waals surface area contributed by atoms with Gasteiger partial charge in [-0.15, -0.1) is 0 Å². The number of hydrogen-bond acceptors (Lipinski definition) is 2. The molecular weight excluding hydrogens is 498 g/mol. The largest absolute Gasteiger partial charge is 0.292 e. The molecule has 0 amide bonds. The maximum Gasteiger partial charge on any atom is 0.145 e. The Hall–Kier alpha value is -5.54. The summed E-state index contributed by atoms with van der Waals surface area (Å²) in [5.74, 6) is 0.913. The van der Waals surface area contributed by atoms with E-state index in [-0.39, 0.29) is 0 Å². The molecule has 41 heavy (non-hydrogen) atoms. The van der Waals surface area contributed by atoms with Gasteiger partial charge in [0.05, 0.1) is 22.2 Å². The second kappa shape index (κ2) is 9.58. The highest BCUT2D eigenvalue weighted by Gasteiger charge is 2.16. The van der Waals surface area contributed by atoms with E-state index >= 15 is 0 Å². The van der Waals surface area contributed by atoms with E-state index in [4.69, 9.17) is 9.97 Å². The summed E-state index contributed by atoms with van der Waals surface area (Å²) in [5.41, 5.74) is 9.54. The molecule has 0 aliphatic rings. The summed E-state index contributed by atoms with van der Waals surface area (Å²) in [4.78, 5) is 10.4. The number of para-hydroxylation sites is 3. The molecule has 2 aromatic heterocycles. The van der Waals surface area contributed by atoms with Gasteiger partial charge in [0.15, 0.2) is 0 Å². The molecule has 0 radical (unpaired) electrons. The Morgan fingerprint density at radius 1 is 0.463 bits per heavy atom. The van der Waals surface area contributed by atoms with Crippen molar-refractivity contribution < 1.29 is 0 Å². The van der Waals surface area contributed by atoms with E-state index in [1.165, 1.54) is 21.9 Å². The van der Waals surface area contributed by atoms with Gasteiger partial charge in [-0.25, -0.2) is 9.97 Å². The molecule has 8 rings (SSSR count). The van der Waals surface area contributed by atoms with E-state index in [1.54, 1.807) is 0 Å². The Morgan fingerprint density at radius 3 is 2.05 bits per heavy atom. The number of pyridine rings is 1. The summed E-state index contributed by atoms with van der Waals surface area (Å²) in [6.07, 6.45) is 0. The first-order valence-electron chi connectivity index (χ1n) is 13.9. The van der Waals surface area contributed by atoms with Gasteiger partial charge < -0.3 is 0 Å². The number of imidazole rings is 1. The summed E-state index contributed by atoms with van der Waals surface area (Å²) in [5, 5.41) is 3.56. The zero-order valence-electron chi connectivity index (χ0n) is 22.3. The van der Waals surface area contributed by atoms with Crippen LogP contribution in [-0.2, 0) is 0 Å². The molecule has 0 atom stereocenters. The molecule has 0 aliphatic carbocycles. The molecule has 3 nitrogen and oxygen atoms in total. The number of fused-ring (bicyclic) bond motifs is 3. The molecule has 192 valence electrons. The fourth-order valence-electron chi connectivity index (χ4n) is 5.87. The van der Waals surface area contributed by atoms with Crippen LogP contribution in [0.1, 0.15) is 0 Å². The Labute approximate surface area is 238 Å². The third-order valence-corrected chi connectivity index (χ3v) is 7.76. The molecule has 0 saturated carbocycles. The molecule has 3 heteroatoms. The van der Waals surface area contributed by atoms with Crippen LogP contribution in [0.3, 0.4) is 0 Å². The molecule has 0 bridgehead atoms. The molecule has 8 aromatic rings. The van der Waals surface area contributed by atoms with Crippen LogP contribution >= 0.6 is 0 Å². The van der Waals surface area contributed by atoms with Crippen molar-refractivity contribution in [3.63, 3.8) is 0 Å².